The molecule has 4 aliphatic carbocycles. The molecule has 0 spiro atoms. The number of carbonyl (C=O) groups is 3. The number of methoxy groups -OCH3 is 1. The molecule has 0 amide bonds. The van der Waals surface area contributed by atoms with Crippen molar-refractivity contribution in [3.8, 4) is 0 Å². The van der Waals surface area contributed by atoms with E-state index in [4.69, 9.17) is 4.74 Å². The Hall–Kier alpha value is -1.75. The van der Waals surface area contributed by atoms with Crippen LogP contribution in [0.15, 0.2) is 23.3 Å². The van der Waals surface area contributed by atoms with Crippen molar-refractivity contribution >= 4 is 17.5 Å². The smallest absolute Gasteiger partial charge is 0.312 e. The van der Waals surface area contributed by atoms with Crippen LogP contribution in [0.3, 0.4) is 0 Å². The number of rotatable bonds is 6. The van der Waals surface area contributed by atoms with Crippen LogP contribution in [0, 0.1) is 46.3 Å². The number of esters is 1. The van der Waals surface area contributed by atoms with E-state index in [0.717, 1.165) is 48.8 Å². The molecule has 1 N–H and O–H groups in total. The van der Waals surface area contributed by atoms with Gasteiger partial charge in [0.1, 0.15) is 5.78 Å². The van der Waals surface area contributed by atoms with E-state index in [9.17, 15) is 19.5 Å². The number of aliphatic hydroxyl groups is 1. The third-order valence-electron chi connectivity index (χ3n) is 10.9. The van der Waals surface area contributed by atoms with Gasteiger partial charge < -0.3 is 9.84 Å². The second-order valence-electron chi connectivity index (χ2n) is 12.6. The number of ketones is 2. The molecule has 2 saturated carbocycles. The van der Waals surface area contributed by atoms with Crippen LogP contribution in [-0.2, 0) is 19.1 Å². The highest BCUT2D eigenvalue weighted by atomic mass is 16.5. The molecule has 0 aromatic carbocycles. The summed E-state index contributed by atoms with van der Waals surface area (Å²) in [5.41, 5.74) is 2.34. The first-order chi connectivity index (χ1) is 16.4. The van der Waals surface area contributed by atoms with Gasteiger partial charge >= 0.3 is 5.97 Å². The third kappa shape index (κ3) is 4.06. The Balaban J connectivity index is 1.58. The van der Waals surface area contributed by atoms with Gasteiger partial charge in [-0.05, 0) is 80.1 Å². The lowest BCUT2D eigenvalue weighted by atomic mass is 9.48. The summed E-state index contributed by atoms with van der Waals surface area (Å²) in [6.07, 6.45) is 5.50. The molecule has 35 heavy (non-hydrogen) atoms. The molecule has 9 atom stereocenters. The largest absolute Gasteiger partial charge is 0.469 e. The van der Waals surface area contributed by atoms with Crippen LogP contribution in [0.1, 0.15) is 86.0 Å². The number of carbonyl (C=O) groups excluding carboxylic acids is 3. The number of Topliss-reactive ketones (excluding diaryl/α,β-unsaturated/α-hetero) is 2. The Morgan fingerprint density at radius 3 is 2.57 bits per heavy atom. The molecule has 0 bridgehead atoms. The molecule has 194 valence electrons. The molecule has 0 aliphatic heterocycles. The zero-order valence-electron chi connectivity index (χ0n) is 22.5. The van der Waals surface area contributed by atoms with Gasteiger partial charge in [-0.25, -0.2) is 0 Å². The van der Waals surface area contributed by atoms with Crippen LogP contribution in [0.4, 0.5) is 0 Å². The maximum absolute atomic E-state index is 13.9. The average Bonchev–Trinajstić information content (AvgIpc) is 3.16. The lowest BCUT2D eigenvalue weighted by molar-refractivity contribution is -0.143. The fraction of sp³-hybridized carbons (Fsp3) is 0.767. The van der Waals surface area contributed by atoms with Crippen molar-refractivity contribution < 1.29 is 24.2 Å². The SMILES string of the molecule is C=C(CC[C@@H](C)[C@H]1CCC2C3=C(C(=O)C[C@@]21C)[C@@]1(C)CCC(=O)[C@@H](C)C1C[C@@H]3O)C(C)C(=O)OC. The highest BCUT2D eigenvalue weighted by Crippen LogP contribution is 2.65. The summed E-state index contributed by atoms with van der Waals surface area (Å²) in [4.78, 5) is 38.3. The second-order valence-corrected chi connectivity index (χ2v) is 12.6. The van der Waals surface area contributed by atoms with Crippen LogP contribution in [-0.4, -0.2) is 35.9 Å². The van der Waals surface area contributed by atoms with Crippen LogP contribution in [0.5, 0.6) is 0 Å². The van der Waals surface area contributed by atoms with Crippen molar-refractivity contribution in [2.75, 3.05) is 7.11 Å². The lowest BCUT2D eigenvalue weighted by Gasteiger charge is -2.55. The van der Waals surface area contributed by atoms with Gasteiger partial charge in [0.25, 0.3) is 0 Å². The van der Waals surface area contributed by atoms with Gasteiger partial charge in [0.05, 0.1) is 19.1 Å². The number of fused-ring (bicyclic) bond motifs is 4. The van der Waals surface area contributed by atoms with Crippen LogP contribution < -0.4 is 0 Å². The highest BCUT2D eigenvalue weighted by molar-refractivity contribution is 6.00. The standard InChI is InChI=1S/C30H44O5/c1-16(18(3)28(34)35-7)8-9-17(2)20-10-11-21-26-24(32)14-22-19(4)23(31)12-13-29(22,5)27(26)25(33)15-30(20,21)6/h17-22,24,32H,1,8-15H2,2-7H3/t17-,18?,19+,20-,21?,22?,24+,29+,30-/m1/s1. The number of allylic oxidation sites excluding steroid dienone is 1. The summed E-state index contributed by atoms with van der Waals surface area (Å²) in [5.74, 6) is 0.864. The molecular formula is C30H44O5. The van der Waals surface area contributed by atoms with Crippen molar-refractivity contribution in [2.24, 2.45) is 46.3 Å². The number of hydrogen-bond donors (Lipinski definition) is 1. The molecule has 0 aromatic rings. The molecule has 0 radical (unpaired) electrons. The van der Waals surface area contributed by atoms with E-state index >= 15 is 0 Å². The molecule has 2 fully saturated rings. The van der Waals surface area contributed by atoms with Gasteiger partial charge in [0, 0.05) is 29.7 Å². The number of ether oxygens (including phenoxy) is 1. The Bertz CT molecular complexity index is 962. The van der Waals surface area contributed by atoms with Crippen molar-refractivity contribution in [1.82, 2.24) is 0 Å². The molecule has 0 heterocycles. The first-order valence-electron chi connectivity index (χ1n) is 13.6. The summed E-state index contributed by atoms with van der Waals surface area (Å²) >= 11 is 0. The zero-order chi connectivity index (χ0) is 25.9. The summed E-state index contributed by atoms with van der Waals surface area (Å²) in [7, 11) is 1.41. The third-order valence-corrected chi connectivity index (χ3v) is 10.9. The number of hydrogen-bond acceptors (Lipinski definition) is 5. The Morgan fingerprint density at radius 1 is 1.23 bits per heavy atom. The van der Waals surface area contributed by atoms with Gasteiger partial charge in [-0.1, -0.05) is 39.8 Å². The quantitative estimate of drug-likeness (QED) is 0.400. The van der Waals surface area contributed by atoms with Crippen LogP contribution >= 0.6 is 0 Å². The fourth-order valence-corrected chi connectivity index (χ4v) is 8.67. The molecule has 5 heteroatoms. The van der Waals surface area contributed by atoms with E-state index in [0.29, 0.717) is 31.1 Å². The Kier molecular flexibility index (Phi) is 6.98. The first-order valence-corrected chi connectivity index (χ1v) is 13.6. The maximum Gasteiger partial charge on any atom is 0.312 e. The average molecular weight is 485 g/mol. The van der Waals surface area contributed by atoms with Crippen molar-refractivity contribution in [3.05, 3.63) is 23.3 Å². The first kappa shape index (κ1) is 26.3. The molecular weight excluding hydrogens is 440 g/mol. The lowest BCUT2D eigenvalue weighted by Crippen LogP contribution is -2.54. The van der Waals surface area contributed by atoms with Gasteiger partial charge in [-0.3, -0.25) is 14.4 Å². The van der Waals surface area contributed by atoms with E-state index in [1.807, 2.05) is 13.8 Å². The van der Waals surface area contributed by atoms with Crippen molar-refractivity contribution in [3.63, 3.8) is 0 Å². The van der Waals surface area contributed by atoms with Crippen LogP contribution in [0.25, 0.3) is 0 Å². The summed E-state index contributed by atoms with van der Waals surface area (Å²) in [5, 5.41) is 11.4. The maximum atomic E-state index is 13.9. The summed E-state index contributed by atoms with van der Waals surface area (Å²) in [6.45, 7) is 14.7. The molecule has 0 saturated heterocycles. The normalized spacial score (nSPS) is 40.5. The van der Waals surface area contributed by atoms with E-state index in [1.165, 1.54) is 7.11 Å². The van der Waals surface area contributed by atoms with E-state index in [1.54, 1.807) is 0 Å². The molecule has 4 aliphatic rings. The predicted molar refractivity (Wildman–Crippen MR) is 135 cm³/mol. The van der Waals surface area contributed by atoms with E-state index in [-0.39, 0.29) is 52.0 Å². The van der Waals surface area contributed by atoms with Crippen LogP contribution in [0.2, 0.25) is 0 Å². The highest BCUT2D eigenvalue weighted by Gasteiger charge is 2.61. The Morgan fingerprint density at radius 2 is 1.91 bits per heavy atom. The van der Waals surface area contributed by atoms with Gasteiger partial charge in [0.15, 0.2) is 5.78 Å². The Labute approximate surface area is 210 Å². The minimum Gasteiger partial charge on any atom is -0.469 e. The van der Waals surface area contributed by atoms with Gasteiger partial charge in [-0.15, -0.1) is 0 Å². The van der Waals surface area contributed by atoms with Crippen molar-refractivity contribution in [2.45, 2.75) is 92.1 Å². The molecule has 4 rings (SSSR count). The molecule has 5 nitrogen and oxygen atoms in total. The predicted octanol–water partition coefficient (Wildman–Crippen LogP) is 5.46. The van der Waals surface area contributed by atoms with Gasteiger partial charge in [-0.2, -0.15) is 0 Å². The molecule has 3 unspecified atom stereocenters. The zero-order valence-corrected chi connectivity index (χ0v) is 22.5. The second kappa shape index (κ2) is 9.28. The van der Waals surface area contributed by atoms with Crippen molar-refractivity contribution in [1.29, 1.82) is 0 Å². The summed E-state index contributed by atoms with van der Waals surface area (Å²) < 4.78 is 4.87. The fourth-order valence-electron chi connectivity index (χ4n) is 8.67. The van der Waals surface area contributed by atoms with E-state index < -0.39 is 6.10 Å². The topological polar surface area (TPSA) is 80.7 Å². The number of aliphatic hydroxyl groups excluding tert-OH is 1. The minimum atomic E-state index is -0.625. The molecule has 0 aromatic heterocycles. The van der Waals surface area contributed by atoms with Gasteiger partial charge in [0.2, 0.25) is 0 Å². The summed E-state index contributed by atoms with van der Waals surface area (Å²) in [6, 6.07) is 0. The monoisotopic (exact) mass is 484 g/mol. The van der Waals surface area contributed by atoms with E-state index in [2.05, 4.69) is 27.4 Å². The minimum absolute atomic E-state index is 0.0461.